The molecule has 0 aliphatic carbocycles. The van der Waals surface area contributed by atoms with Gasteiger partial charge in [-0.25, -0.2) is 0 Å². The van der Waals surface area contributed by atoms with Crippen molar-refractivity contribution in [2.24, 2.45) is 0 Å². The van der Waals surface area contributed by atoms with Crippen LogP contribution in [0.1, 0.15) is 15.9 Å². The minimum Gasteiger partial charge on any atom is -0.289 e. The normalized spacial score (nSPS) is 10.6. The third kappa shape index (κ3) is 3.18. The van der Waals surface area contributed by atoms with Crippen molar-refractivity contribution in [3.8, 4) is 0 Å². The van der Waals surface area contributed by atoms with Crippen molar-refractivity contribution in [2.45, 2.75) is 0 Å². The molecule has 2 heteroatoms. The Bertz CT molecular complexity index is 527. The van der Waals surface area contributed by atoms with Crippen LogP contribution in [0.4, 0.5) is 0 Å². The molecule has 0 radical (unpaired) electrons. The molecule has 0 spiro atoms. The van der Waals surface area contributed by atoms with Gasteiger partial charge in [-0.15, -0.1) is 0 Å². The molecule has 0 aliphatic heterocycles. The second kappa shape index (κ2) is 5.31. The monoisotopic (exact) mass is 220 g/mol. The molecule has 0 heterocycles. The van der Waals surface area contributed by atoms with E-state index in [-0.39, 0.29) is 5.78 Å². The molecule has 0 saturated heterocycles. The smallest absolute Gasteiger partial charge is 0.185 e. The highest BCUT2D eigenvalue weighted by molar-refractivity contribution is 6.32. The molecule has 0 N–H and O–H groups in total. The van der Waals surface area contributed by atoms with Crippen LogP contribution in [-0.4, -0.2) is 13.6 Å². The lowest BCUT2D eigenvalue weighted by atomic mass is 9.94. The van der Waals surface area contributed by atoms with E-state index in [1.165, 1.54) is 0 Å². The highest BCUT2D eigenvalue weighted by atomic mass is 16.1. The van der Waals surface area contributed by atoms with Crippen molar-refractivity contribution in [2.75, 3.05) is 0 Å². The van der Waals surface area contributed by atoms with Gasteiger partial charge in [0.25, 0.3) is 0 Å². The predicted octanol–water partition coefficient (Wildman–Crippen LogP) is 1.84. The maximum atomic E-state index is 11.8. The second-order valence-electron chi connectivity index (χ2n) is 3.97. The molecule has 0 fully saturated rings. The van der Waals surface area contributed by atoms with Crippen molar-refractivity contribution in [3.05, 3.63) is 71.8 Å². The van der Waals surface area contributed by atoms with Gasteiger partial charge in [-0.05, 0) is 11.6 Å². The Kier molecular flexibility index (Phi) is 3.56. The molecular formula is C15H13BO. The van der Waals surface area contributed by atoms with E-state index in [1.54, 1.807) is 6.08 Å². The maximum absolute atomic E-state index is 11.8. The van der Waals surface area contributed by atoms with Gasteiger partial charge in [0.15, 0.2) is 5.78 Å². The number of carbonyl (C=O) groups is 1. The summed E-state index contributed by atoms with van der Waals surface area (Å²) in [6.45, 7) is 0. The zero-order valence-electron chi connectivity index (χ0n) is 9.76. The van der Waals surface area contributed by atoms with Crippen LogP contribution in [0.15, 0.2) is 60.7 Å². The minimum atomic E-state index is 0.0360. The summed E-state index contributed by atoms with van der Waals surface area (Å²) in [6, 6.07) is 17.4. The summed E-state index contributed by atoms with van der Waals surface area (Å²) in [6.07, 6.45) is 3.45. The molecule has 2 aromatic carbocycles. The average Bonchev–Trinajstić information content (AvgIpc) is 2.38. The van der Waals surface area contributed by atoms with Crippen LogP contribution in [0.2, 0.25) is 0 Å². The van der Waals surface area contributed by atoms with Gasteiger partial charge in [-0.2, -0.15) is 0 Å². The molecule has 0 bridgehead atoms. The molecule has 1 nitrogen and oxygen atoms in total. The summed E-state index contributed by atoms with van der Waals surface area (Å²) in [5, 5.41) is 0. The average molecular weight is 220 g/mol. The fourth-order valence-corrected chi connectivity index (χ4v) is 1.55. The highest BCUT2D eigenvalue weighted by Crippen LogP contribution is 2.04. The highest BCUT2D eigenvalue weighted by Gasteiger charge is 1.99. The third-order valence-corrected chi connectivity index (χ3v) is 2.56. The first-order valence-electron chi connectivity index (χ1n) is 5.60. The Labute approximate surface area is 102 Å². The van der Waals surface area contributed by atoms with Crippen LogP contribution in [-0.2, 0) is 0 Å². The van der Waals surface area contributed by atoms with Crippen LogP contribution in [0, 0.1) is 0 Å². The maximum Gasteiger partial charge on any atom is 0.185 e. The number of allylic oxidation sites excluding steroid dienone is 1. The molecule has 0 unspecified atom stereocenters. The van der Waals surface area contributed by atoms with Crippen molar-refractivity contribution < 1.29 is 4.79 Å². The second-order valence-corrected chi connectivity index (χ2v) is 3.97. The topological polar surface area (TPSA) is 17.1 Å². The fraction of sp³-hybridized carbons (Fsp3) is 0. The summed E-state index contributed by atoms with van der Waals surface area (Å²) >= 11 is 0. The van der Waals surface area contributed by atoms with Crippen molar-refractivity contribution >= 4 is 25.2 Å². The van der Waals surface area contributed by atoms with Crippen molar-refractivity contribution in [3.63, 3.8) is 0 Å². The van der Waals surface area contributed by atoms with Gasteiger partial charge in [0, 0.05) is 5.56 Å². The van der Waals surface area contributed by atoms with Crippen molar-refractivity contribution in [1.82, 2.24) is 0 Å². The summed E-state index contributed by atoms with van der Waals surface area (Å²) in [5.74, 6) is 0.0360. The van der Waals surface area contributed by atoms with E-state index in [4.69, 9.17) is 0 Å². The lowest BCUT2D eigenvalue weighted by Gasteiger charge is -1.96. The summed E-state index contributed by atoms with van der Waals surface area (Å²) in [7, 11) is 2.01. The number of benzene rings is 2. The minimum absolute atomic E-state index is 0.0360. The Balaban J connectivity index is 2.12. The van der Waals surface area contributed by atoms with E-state index in [0.29, 0.717) is 0 Å². The van der Waals surface area contributed by atoms with E-state index in [2.05, 4.69) is 0 Å². The standard InChI is InChI=1S/C15H13BO/c16-14-9-7-13(8-10-14)15(17)11-6-12-4-2-1-3-5-12/h1-11H,16H2/b11-6+. The fourth-order valence-electron chi connectivity index (χ4n) is 1.55. The van der Waals surface area contributed by atoms with E-state index in [0.717, 1.165) is 16.6 Å². The lowest BCUT2D eigenvalue weighted by molar-refractivity contribution is 0.104. The molecule has 2 aromatic rings. The van der Waals surface area contributed by atoms with E-state index in [9.17, 15) is 4.79 Å². The van der Waals surface area contributed by atoms with Crippen molar-refractivity contribution in [1.29, 1.82) is 0 Å². The van der Waals surface area contributed by atoms with Gasteiger partial charge >= 0.3 is 0 Å². The first-order valence-corrected chi connectivity index (χ1v) is 5.60. The quantitative estimate of drug-likeness (QED) is 0.438. The number of ketones is 1. The number of rotatable bonds is 3. The van der Waals surface area contributed by atoms with E-state index in [1.807, 2.05) is 68.5 Å². The Morgan fingerprint density at radius 2 is 1.59 bits per heavy atom. The number of carbonyl (C=O) groups excluding carboxylic acids is 1. The Hall–Kier alpha value is -2.09. The first kappa shape index (κ1) is 11.4. The van der Waals surface area contributed by atoms with Crippen LogP contribution >= 0.6 is 0 Å². The first-order chi connectivity index (χ1) is 8.25. The summed E-state index contributed by atoms with van der Waals surface area (Å²) < 4.78 is 0. The summed E-state index contributed by atoms with van der Waals surface area (Å²) in [4.78, 5) is 11.8. The molecule has 0 atom stereocenters. The van der Waals surface area contributed by atoms with E-state index >= 15 is 0 Å². The zero-order valence-corrected chi connectivity index (χ0v) is 9.76. The molecule has 0 aromatic heterocycles. The van der Waals surface area contributed by atoms with E-state index < -0.39 is 0 Å². The molecular weight excluding hydrogens is 207 g/mol. The SMILES string of the molecule is Bc1ccc(C(=O)/C=C/c2ccccc2)cc1. The van der Waals surface area contributed by atoms with Gasteiger partial charge < -0.3 is 0 Å². The van der Waals surface area contributed by atoms with Crippen LogP contribution < -0.4 is 5.46 Å². The van der Waals surface area contributed by atoms with Crippen LogP contribution in [0.5, 0.6) is 0 Å². The Morgan fingerprint density at radius 3 is 2.24 bits per heavy atom. The molecule has 82 valence electrons. The molecule has 17 heavy (non-hydrogen) atoms. The third-order valence-electron chi connectivity index (χ3n) is 2.56. The van der Waals surface area contributed by atoms with Gasteiger partial charge in [0.1, 0.15) is 7.85 Å². The molecule has 2 rings (SSSR count). The molecule has 0 saturated carbocycles. The Morgan fingerprint density at radius 1 is 0.941 bits per heavy atom. The predicted molar refractivity (Wildman–Crippen MR) is 74.4 cm³/mol. The van der Waals surface area contributed by atoms with Crippen LogP contribution in [0.25, 0.3) is 6.08 Å². The van der Waals surface area contributed by atoms with Gasteiger partial charge in [0.2, 0.25) is 0 Å². The van der Waals surface area contributed by atoms with Gasteiger partial charge in [-0.3, -0.25) is 4.79 Å². The largest absolute Gasteiger partial charge is 0.289 e. The van der Waals surface area contributed by atoms with Crippen LogP contribution in [0.3, 0.4) is 0 Å². The van der Waals surface area contributed by atoms with Gasteiger partial charge in [-0.1, -0.05) is 66.1 Å². The molecule has 0 amide bonds. The molecule has 0 aliphatic rings. The lowest BCUT2D eigenvalue weighted by Crippen LogP contribution is -2.02. The van der Waals surface area contributed by atoms with Gasteiger partial charge in [0.05, 0.1) is 0 Å². The summed E-state index contributed by atoms with van der Waals surface area (Å²) in [5.41, 5.74) is 2.92. The zero-order chi connectivity index (χ0) is 12.1. The number of hydrogen-bond acceptors (Lipinski definition) is 1. The number of hydrogen-bond donors (Lipinski definition) is 0.